The molecular weight excluding hydrogens is 308 g/mol. The number of carbonyl (C=O) groups excluding carboxylic acids is 1. The summed E-state index contributed by atoms with van der Waals surface area (Å²) in [4.78, 5) is 13.0. The number of cyclic esters (lactones) is 1. The van der Waals surface area contributed by atoms with E-state index >= 15 is 0 Å². The zero-order valence-electron chi connectivity index (χ0n) is 13.9. The van der Waals surface area contributed by atoms with Gasteiger partial charge in [0, 0.05) is 12.0 Å². The highest BCUT2D eigenvalue weighted by atomic mass is 16.6. The van der Waals surface area contributed by atoms with Crippen LogP contribution in [0.4, 0.5) is 0 Å². The lowest BCUT2D eigenvalue weighted by atomic mass is 9.53. The van der Waals surface area contributed by atoms with E-state index < -0.39 is 11.0 Å². The zero-order valence-corrected chi connectivity index (χ0v) is 13.9. The molecule has 0 amide bonds. The normalized spacial score (nSPS) is 41.9. The summed E-state index contributed by atoms with van der Waals surface area (Å²) in [5.41, 5.74) is -0.0736. The first-order valence-corrected chi connectivity index (χ1v) is 8.78. The van der Waals surface area contributed by atoms with Crippen LogP contribution in [0.2, 0.25) is 0 Å². The lowest BCUT2D eigenvalue weighted by Crippen LogP contribution is -2.52. The molecule has 1 spiro atoms. The number of ether oxygens (including phenoxy) is 1. The molecule has 130 valence electrons. The summed E-state index contributed by atoms with van der Waals surface area (Å²) in [6.07, 6.45) is 8.52. The Labute approximate surface area is 141 Å². The van der Waals surface area contributed by atoms with Crippen LogP contribution < -0.4 is 0 Å². The number of aliphatic hydroxyl groups is 2. The monoisotopic (exact) mass is 332 g/mol. The van der Waals surface area contributed by atoms with E-state index in [1.165, 1.54) is 0 Å². The van der Waals surface area contributed by atoms with E-state index in [2.05, 4.69) is 13.0 Å². The highest BCUT2D eigenvalue weighted by Crippen LogP contribution is 2.60. The third kappa shape index (κ3) is 2.04. The fourth-order valence-electron chi connectivity index (χ4n) is 5.12. The van der Waals surface area contributed by atoms with Crippen molar-refractivity contribution in [2.75, 3.05) is 6.61 Å². The summed E-state index contributed by atoms with van der Waals surface area (Å²) >= 11 is 0. The van der Waals surface area contributed by atoms with Gasteiger partial charge in [0.05, 0.1) is 24.5 Å². The number of rotatable bonds is 2. The van der Waals surface area contributed by atoms with Crippen LogP contribution in [0.15, 0.2) is 34.7 Å². The molecule has 1 aromatic rings. The Hall–Kier alpha value is -1.59. The second-order valence-corrected chi connectivity index (χ2v) is 7.63. The second-order valence-electron chi connectivity index (χ2n) is 7.63. The highest BCUT2D eigenvalue weighted by Gasteiger charge is 2.62. The highest BCUT2D eigenvalue weighted by molar-refractivity contribution is 5.81. The molecule has 0 bridgehead atoms. The number of allylic oxidation sites excluding steroid dienone is 1. The molecule has 1 aliphatic heterocycles. The van der Waals surface area contributed by atoms with E-state index in [4.69, 9.17) is 9.15 Å². The van der Waals surface area contributed by atoms with Crippen molar-refractivity contribution in [3.8, 4) is 0 Å². The van der Waals surface area contributed by atoms with Gasteiger partial charge in [0.1, 0.15) is 11.7 Å². The molecule has 5 unspecified atom stereocenters. The topological polar surface area (TPSA) is 79.9 Å². The van der Waals surface area contributed by atoms with Crippen molar-refractivity contribution in [1.82, 2.24) is 0 Å². The van der Waals surface area contributed by atoms with E-state index in [-0.39, 0.29) is 30.5 Å². The van der Waals surface area contributed by atoms with Gasteiger partial charge < -0.3 is 19.4 Å². The molecular formula is C19H24O5. The van der Waals surface area contributed by atoms with E-state index in [0.717, 1.165) is 30.4 Å². The van der Waals surface area contributed by atoms with Crippen LogP contribution in [0.5, 0.6) is 0 Å². The second kappa shape index (κ2) is 5.46. The van der Waals surface area contributed by atoms with Crippen molar-refractivity contribution in [2.45, 2.75) is 50.7 Å². The van der Waals surface area contributed by atoms with E-state index in [0.29, 0.717) is 12.8 Å². The first-order valence-electron chi connectivity index (χ1n) is 8.78. The number of furan rings is 1. The van der Waals surface area contributed by atoms with Gasteiger partial charge >= 0.3 is 5.97 Å². The van der Waals surface area contributed by atoms with Crippen LogP contribution in [0.1, 0.15) is 50.7 Å². The Morgan fingerprint density at radius 3 is 2.96 bits per heavy atom. The maximum atomic E-state index is 13.0. The van der Waals surface area contributed by atoms with Crippen molar-refractivity contribution >= 4 is 5.97 Å². The number of hydrogen-bond acceptors (Lipinski definition) is 5. The van der Waals surface area contributed by atoms with Gasteiger partial charge in [-0.1, -0.05) is 13.0 Å². The Kier molecular flexibility index (Phi) is 3.62. The summed E-state index contributed by atoms with van der Waals surface area (Å²) in [5, 5.41) is 20.6. The molecule has 24 heavy (non-hydrogen) atoms. The number of hydrogen-bond donors (Lipinski definition) is 2. The van der Waals surface area contributed by atoms with E-state index in [1.807, 2.05) is 6.07 Å². The van der Waals surface area contributed by atoms with E-state index in [9.17, 15) is 15.0 Å². The number of carbonyl (C=O) groups is 1. The molecule has 5 heteroatoms. The molecule has 5 atom stereocenters. The quantitative estimate of drug-likeness (QED) is 0.643. The van der Waals surface area contributed by atoms with Crippen LogP contribution in [0.25, 0.3) is 0 Å². The first kappa shape index (κ1) is 15.9. The maximum absolute atomic E-state index is 13.0. The molecule has 2 fully saturated rings. The van der Waals surface area contributed by atoms with E-state index in [1.54, 1.807) is 12.5 Å². The summed E-state index contributed by atoms with van der Waals surface area (Å²) < 4.78 is 10.9. The van der Waals surface area contributed by atoms with Crippen LogP contribution in [0, 0.1) is 17.3 Å². The third-order valence-corrected chi connectivity index (χ3v) is 6.52. The molecule has 0 radical (unpaired) electrons. The van der Waals surface area contributed by atoms with Gasteiger partial charge in [-0.05, 0) is 49.2 Å². The van der Waals surface area contributed by atoms with Crippen LogP contribution in [-0.2, 0) is 9.53 Å². The fourth-order valence-corrected chi connectivity index (χ4v) is 5.12. The molecule has 2 N–H and O–H groups in total. The third-order valence-electron chi connectivity index (χ3n) is 6.52. The van der Waals surface area contributed by atoms with Gasteiger partial charge in [0.2, 0.25) is 0 Å². The standard InChI is InChI=1S/C19H24O5/c1-12-4-5-14-15(3-2-7-18(14,22)11-20)19(12)9-16(24-17(19)21)13-6-8-23-10-13/h5-6,8,10,12,15-16,20,22H,2-4,7,9,11H2,1H3. The predicted octanol–water partition coefficient (Wildman–Crippen LogP) is 2.74. The van der Waals surface area contributed by atoms with Gasteiger partial charge in [0.25, 0.3) is 0 Å². The molecule has 0 aromatic carbocycles. The minimum atomic E-state index is -1.19. The van der Waals surface area contributed by atoms with Gasteiger partial charge in [-0.15, -0.1) is 0 Å². The average Bonchev–Trinajstić information content (AvgIpc) is 3.21. The molecule has 5 nitrogen and oxygen atoms in total. The molecule has 4 rings (SSSR count). The van der Waals surface area contributed by atoms with Gasteiger partial charge in [0.15, 0.2) is 0 Å². The Balaban J connectivity index is 1.74. The summed E-state index contributed by atoms with van der Waals surface area (Å²) in [6, 6.07) is 1.84. The smallest absolute Gasteiger partial charge is 0.313 e. The van der Waals surface area contributed by atoms with Crippen molar-refractivity contribution in [3.05, 3.63) is 35.8 Å². The molecule has 1 saturated heterocycles. The molecule has 2 heterocycles. The largest absolute Gasteiger partial charge is 0.472 e. The predicted molar refractivity (Wildman–Crippen MR) is 85.8 cm³/mol. The number of esters is 1. The van der Waals surface area contributed by atoms with Crippen LogP contribution in [0.3, 0.4) is 0 Å². The SMILES string of the molecule is CC1CC=C2C(CCCC2(O)CO)C12CC(c1ccoc1)OC2=O. The zero-order chi connectivity index (χ0) is 16.9. The molecule has 1 aromatic heterocycles. The Bertz CT molecular complexity index is 663. The Morgan fingerprint density at radius 1 is 1.42 bits per heavy atom. The van der Waals surface area contributed by atoms with Crippen LogP contribution >= 0.6 is 0 Å². The van der Waals surface area contributed by atoms with Crippen molar-refractivity contribution in [1.29, 1.82) is 0 Å². The average molecular weight is 332 g/mol. The van der Waals surface area contributed by atoms with Gasteiger partial charge in [-0.25, -0.2) is 0 Å². The van der Waals surface area contributed by atoms with Crippen molar-refractivity contribution in [2.24, 2.45) is 17.3 Å². The minimum Gasteiger partial charge on any atom is -0.472 e. The summed E-state index contributed by atoms with van der Waals surface area (Å²) in [7, 11) is 0. The Morgan fingerprint density at radius 2 is 2.25 bits per heavy atom. The summed E-state index contributed by atoms with van der Waals surface area (Å²) in [6.45, 7) is 1.80. The van der Waals surface area contributed by atoms with Gasteiger partial charge in [-0.3, -0.25) is 4.79 Å². The van der Waals surface area contributed by atoms with Crippen molar-refractivity contribution in [3.63, 3.8) is 0 Å². The number of aliphatic hydroxyl groups excluding tert-OH is 1. The molecule has 2 aliphatic carbocycles. The molecule has 1 saturated carbocycles. The lowest BCUT2D eigenvalue weighted by molar-refractivity contribution is -0.155. The van der Waals surface area contributed by atoms with Crippen LogP contribution in [-0.4, -0.2) is 28.4 Å². The maximum Gasteiger partial charge on any atom is 0.313 e. The summed E-state index contributed by atoms with van der Waals surface area (Å²) in [5.74, 6) is -0.0766. The van der Waals surface area contributed by atoms with Gasteiger partial charge in [-0.2, -0.15) is 0 Å². The molecule has 3 aliphatic rings. The first-order chi connectivity index (χ1) is 11.5. The number of fused-ring (bicyclic) bond motifs is 2. The minimum absolute atomic E-state index is 0.0587. The van der Waals surface area contributed by atoms with Crippen molar-refractivity contribution < 1.29 is 24.2 Å². The fraction of sp³-hybridized carbons (Fsp3) is 0.632. The lowest BCUT2D eigenvalue weighted by Gasteiger charge is -2.50.